The van der Waals surface area contributed by atoms with Crippen molar-refractivity contribution in [3.05, 3.63) is 12.3 Å². The molecule has 1 saturated carbocycles. The predicted molar refractivity (Wildman–Crippen MR) is 66.5 cm³/mol. The van der Waals surface area contributed by atoms with Gasteiger partial charge in [-0.25, -0.2) is 4.68 Å². The number of aromatic nitrogens is 2. The minimum absolute atomic E-state index is 0.459. The van der Waals surface area contributed by atoms with E-state index in [1.54, 1.807) is 6.20 Å². The highest BCUT2D eigenvalue weighted by molar-refractivity contribution is 7.80. The molecule has 0 bridgehead atoms. The highest BCUT2D eigenvalue weighted by atomic mass is 32.1. The van der Waals surface area contributed by atoms with Gasteiger partial charge in [-0.3, -0.25) is 0 Å². The quantitative estimate of drug-likeness (QED) is 0.668. The van der Waals surface area contributed by atoms with Gasteiger partial charge < -0.3 is 16.0 Å². The summed E-state index contributed by atoms with van der Waals surface area (Å²) in [6.07, 6.45) is 4.27. The molecule has 0 atom stereocenters. The molecule has 5 nitrogen and oxygen atoms in total. The van der Waals surface area contributed by atoms with Crippen LogP contribution in [-0.2, 0) is 0 Å². The monoisotopic (exact) mass is 237 g/mol. The van der Waals surface area contributed by atoms with Crippen molar-refractivity contribution in [2.24, 2.45) is 0 Å². The molecular formula is C10H15N5S. The summed E-state index contributed by atoms with van der Waals surface area (Å²) in [6.45, 7) is 1.97. The second-order valence-corrected chi connectivity index (χ2v) is 4.75. The van der Waals surface area contributed by atoms with Crippen LogP contribution in [0.3, 0.4) is 0 Å². The first-order valence-electron chi connectivity index (χ1n) is 5.64. The van der Waals surface area contributed by atoms with Gasteiger partial charge in [0.05, 0.1) is 12.2 Å². The molecule has 2 aliphatic rings. The third kappa shape index (κ3) is 2.03. The summed E-state index contributed by atoms with van der Waals surface area (Å²) < 4.78 is 2.00. The molecule has 2 heterocycles. The van der Waals surface area contributed by atoms with Gasteiger partial charge in [-0.15, -0.1) is 0 Å². The van der Waals surface area contributed by atoms with E-state index in [0.29, 0.717) is 17.2 Å². The number of nitrogens with zero attached hydrogens (tertiary/aromatic N) is 2. The van der Waals surface area contributed by atoms with Crippen molar-refractivity contribution in [3.63, 3.8) is 0 Å². The van der Waals surface area contributed by atoms with Crippen molar-refractivity contribution in [1.82, 2.24) is 20.4 Å². The number of rotatable bonds is 3. The average molecular weight is 237 g/mol. The van der Waals surface area contributed by atoms with Crippen LogP contribution < -0.4 is 16.0 Å². The van der Waals surface area contributed by atoms with Crippen molar-refractivity contribution in [1.29, 1.82) is 0 Å². The van der Waals surface area contributed by atoms with E-state index in [9.17, 15) is 0 Å². The van der Waals surface area contributed by atoms with Gasteiger partial charge in [0.1, 0.15) is 5.82 Å². The fourth-order valence-electron chi connectivity index (χ4n) is 1.72. The molecule has 0 radical (unpaired) electrons. The lowest BCUT2D eigenvalue weighted by atomic mass is 10.2. The molecule has 0 spiro atoms. The van der Waals surface area contributed by atoms with Crippen LogP contribution in [-0.4, -0.2) is 34.0 Å². The zero-order chi connectivity index (χ0) is 11.0. The van der Waals surface area contributed by atoms with Crippen LogP contribution in [0.5, 0.6) is 0 Å². The topological polar surface area (TPSA) is 53.9 Å². The lowest BCUT2D eigenvalue weighted by molar-refractivity contribution is 0.322. The molecule has 1 aliphatic heterocycles. The van der Waals surface area contributed by atoms with Crippen LogP contribution in [0.15, 0.2) is 12.3 Å². The van der Waals surface area contributed by atoms with Gasteiger partial charge in [0.25, 0.3) is 0 Å². The molecule has 3 N–H and O–H groups in total. The second-order valence-electron chi connectivity index (χ2n) is 4.35. The maximum Gasteiger partial charge on any atom is 0.172 e. The number of nitrogens with one attached hydrogen (secondary N) is 3. The summed E-state index contributed by atoms with van der Waals surface area (Å²) in [5.74, 6) is 0.977. The summed E-state index contributed by atoms with van der Waals surface area (Å²) in [7, 11) is 0. The van der Waals surface area contributed by atoms with E-state index in [2.05, 4.69) is 21.0 Å². The molecule has 1 aromatic heterocycles. The fraction of sp³-hybridized carbons (Fsp3) is 0.600. The summed E-state index contributed by atoms with van der Waals surface area (Å²) >= 11 is 5.24. The Bertz CT molecular complexity index is 394. The Morgan fingerprint density at radius 1 is 1.50 bits per heavy atom. The van der Waals surface area contributed by atoms with Gasteiger partial charge >= 0.3 is 0 Å². The van der Waals surface area contributed by atoms with E-state index in [1.165, 1.54) is 12.8 Å². The molecule has 2 fully saturated rings. The minimum atomic E-state index is 0.459. The third-order valence-electron chi connectivity index (χ3n) is 2.93. The van der Waals surface area contributed by atoms with E-state index in [-0.39, 0.29) is 0 Å². The lowest BCUT2D eigenvalue weighted by Gasteiger charge is -2.29. The van der Waals surface area contributed by atoms with Crippen LogP contribution in [0.1, 0.15) is 18.9 Å². The first-order valence-corrected chi connectivity index (χ1v) is 6.05. The molecule has 16 heavy (non-hydrogen) atoms. The van der Waals surface area contributed by atoms with Crippen LogP contribution in [0, 0.1) is 0 Å². The summed E-state index contributed by atoms with van der Waals surface area (Å²) in [5.41, 5.74) is 0. The normalized spacial score (nSPS) is 20.2. The minimum Gasteiger partial charge on any atom is -0.360 e. The average Bonchev–Trinajstić information content (AvgIpc) is 2.86. The van der Waals surface area contributed by atoms with E-state index in [1.807, 2.05) is 10.7 Å². The van der Waals surface area contributed by atoms with E-state index < -0.39 is 0 Å². The molecule has 3 rings (SSSR count). The highest BCUT2D eigenvalue weighted by Gasteiger charge is 2.24. The van der Waals surface area contributed by atoms with Gasteiger partial charge in [0.2, 0.25) is 0 Å². The summed E-state index contributed by atoms with van der Waals surface area (Å²) in [5, 5.41) is 14.7. The van der Waals surface area contributed by atoms with Gasteiger partial charge in [-0.2, -0.15) is 5.10 Å². The van der Waals surface area contributed by atoms with E-state index >= 15 is 0 Å². The molecule has 1 saturated heterocycles. The van der Waals surface area contributed by atoms with Gasteiger partial charge in [0, 0.05) is 25.2 Å². The SMILES string of the molecule is S=C(Nc1ccnn1C1CNC1)NC1CC1. The van der Waals surface area contributed by atoms with Crippen LogP contribution in [0.2, 0.25) is 0 Å². The molecule has 1 aliphatic carbocycles. The lowest BCUT2D eigenvalue weighted by Crippen LogP contribution is -2.44. The van der Waals surface area contributed by atoms with Crippen molar-refractivity contribution < 1.29 is 0 Å². The number of hydrogen-bond donors (Lipinski definition) is 3. The Morgan fingerprint density at radius 2 is 2.31 bits per heavy atom. The number of hydrogen-bond acceptors (Lipinski definition) is 3. The first kappa shape index (κ1) is 10.0. The zero-order valence-corrected chi connectivity index (χ0v) is 9.76. The van der Waals surface area contributed by atoms with Gasteiger partial charge in [-0.05, 0) is 25.1 Å². The Balaban J connectivity index is 1.63. The molecule has 0 amide bonds. The van der Waals surface area contributed by atoms with E-state index in [4.69, 9.17) is 12.2 Å². The predicted octanol–water partition coefficient (Wildman–Crippen LogP) is 0.476. The van der Waals surface area contributed by atoms with Crippen molar-refractivity contribution >= 4 is 23.1 Å². The van der Waals surface area contributed by atoms with Crippen molar-refractivity contribution in [2.45, 2.75) is 24.9 Å². The number of thiocarbonyl (C=S) groups is 1. The standard InChI is InChI=1S/C10H15N5S/c16-10(13-7-1-2-7)14-9-3-4-12-15(9)8-5-11-6-8/h3-4,7-8,11H,1-2,5-6H2,(H2,13,14,16). The molecule has 0 unspecified atom stereocenters. The Morgan fingerprint density at radius 3 is 2.94 bits per heavy atom. The van der Waals surface area contributed by atoms with Gasteiger partial charge in [-0.1, -0.05) is 0 Å². The Hall–Kier alpha value is -1.14. The van der Waals surface area contributed by atoms with Crippen LogP contribution in [0.25, 0.3) is 0 Å². The molecule has 6 heteroatoms. The van der Waals surface area contributed by atoms with Crippen molar-refractivity contribution in [3.8, 4) is 0 Å². The van der Waals surface area contributed by atoms with E-state index in [0.717, 1.165) is 18.9 Å². The number of anilines is 1. The highest BCUT2D eigenvalue weighted by Crippen LogP contribution is 2.20. The molecule has 1 aromatic rings. The molecule has 0 aromatic carbocycles. The second kappa shape index (κ2) is 4.03. The Labute approximate surface area is 99.6 Å². The summed E-state index contributed by atoms with van der Waals surface area (Å²) in [4.78, 5) is 0. The molecule has 86 valence electrons. The third-order valence-corrected chi connectivity index (χ3v) is 3.15. The van der Waals surface area contributed by atoms with Gasteiger partial charge in [0.15, 0.2) is 5.11 Å². The van der Waals surface area contributed by atoms with Crippen molar-refractivity contribution in [2.75, 3.05) is 18.4 Å². The first-order chi connectivity index (χ1) is 7.83. The maximum absolute atomic E-state index is 5.24. The Kier molecular flexibility index (Phi) is 2.53. The zero-order valence-electron chi connectivity index (χ0n) is 8.94. The molecular weight excluding hydrogens is 222 g/mol. The smallest absolute Gasteiger partial charge is 0.172 e. The fourth-order valence-corrected chi connectivity index (χ4v) is 1.99. The van der Waals surface area contributed by atoms with Crippen LogP contribution in [0.4, 0.5) is 5.82 Å². The van der Waals surface area contributed by atoms with Crippen LogP contribution >= 0.6 is 12.2 Å². The maximum atomic E-state index is 5.24. The largest absolute Gasteiger partial charge is 0.360 e. The summed E-state index contributed by atoms with van der Waals surface area (Å²) in [6, 6.07) is 3.00.